The third-order valence-electron chi connectivity index (χ3n) is 5.15. The maximum atomic E-state index is 12.3. The Morgan fingerprint density at radius 2 is 1.60 bits per heavy atom. The fraction of sp³-hybridized carbons (Fsp3) is 0.241. The smallest absolute Gasteiger partial charge is 0.329 e. The van der Waals surface area contributed by atoms with Crippen LogP contribution >= 0.6 is 0 Å². The van der Waals surface area contributed by atoms with E-state index in [1.165, 1.54) is 6.21 Å². The largest absolute Gasteiger partial charge is 0.497 e. The minimum absolute atomic E-state index is 0.246. The average molecular weight is 549 g/mol. The molecule has 0 heterocycles. The van der Waals surface area contributed by atoms with Crippen molar-refractivity contribution in [2.45, 2.75) is 20.3 Å². The molecule has 3 aromatic rings. The quantitative estimate of drug-likeness (QED) is 0.167. The Hall–Kier alpha value is -5.06. The molecular weight excluding hydrogens is 516 g/mol. The van der Waals surface area contributed by atoms with Gasteiger partial charge in [-0.25, -0.2) is 5.43 Å². The maximum absolute atomic E-state index is 12.3. The zero-order valence-electron chi connectivity index (χ0n) is 22.6. The number of amides is 3. The molecule has 0 spiro atoms. The van der Waals surface area contributed by atoms with E-state index >= 15 is 0 Å². The fourth-order valence-electron chi connectivity index (χ4n) is 3.29. The van der Waals surface area contributed by atoms with Gasteiger partial charge in [0.2, 0.25) is 0 Å². The summed E-state index contributed by atoms with van der Waals surface area (Å²) in [7, 11) is 1.55. The van der Waals surface area contributed by atoms with Crippen LogP contribution in [-0.2, 0) is 14.4 Å². The summed E-state index contributed by atoms with van der Waals surface area (Å²) in [5, 5.41) is 9.07. The van der Waals surface area contributed by atoms with E-state index in [1.807, 2.05) is 13.8 Å². The number of benzene rings is 3. The predicted molar refractivity (Wildman–Crippen MR) is 151 cm³/mol. The SMILES string of the molecule is CCCOc1ccc(NC(=O)C(=O)N/N=C\c2ccc(OCC(=O)Nc3cccc(OC)c3)c(OCC)c2)cc1. The summed E-state index contributed by atoms with van der Waals surface area (Å²) < 4.78 is 21.9. The van der Waals surface area contributed by atoms with Crippen molar-refractivity contribution >= 4 is 35.3 Å². The molecule has 40 heavy (non-hydrogen) atoms. The first-order chi connectivity index (χ1) is 19.4. The molecule has 0 saturated carbocycles. The minimum atomic E-state index is -0.936. The first-order valence-electron chi connectivity index (χ1n) is 12.6. The molecule has 0 aromatic heterocycles. The topological polar surface area (TPSA) is 137 Å². The molecule has 0 saturated heterocycles. The van der Waals surface area contributed by atoms with Gasteiger partial charge in [0.05, 0.1) is 26.5 Å². The van der Waals surface area contributed by atoms with Crippen LogP contribution in [0, 0.1) is 0 Å². The summed E-state index contributed by atoms with van der Waals surface area (Å²) in [5.74, 6) is -0.129. The van der Waals surface area contributed by atoms with Crippen LogP contribution in [-0.4, -0.2) is 50.9 Å². The normalized spacial score (nSPS) is 10.5. The Labute approximate surface area is 232 Å². The number of carbonyl (C=O) groups excluding carboxylic acids is 3. The summed E-state index contributed by atoms with van der Waals surface area (Å²) in [5.41, 5.74) is 3.78. The van der Waals surface area contributed by atoms with Crippen molar-refractivity contribution in [2.24, 2.45) is 5.10 Å². The Bertz CT molecular complexity index is 1330. The number of methoxy groups -OCH3 is 1. The molecule has 210 valence electrons. The number of hydrogen-bond donors (Lipinski definition) is 3. The molecule has 3 aromatic carbocycles. The fourth-order valence-corrected chi connectivity index (χ4v) is 3.29. The van der Waals surface area contributed by atoms with Gasteiger partial charge in [-0.15, -0.1) is 0 Å². The van der Waals surface area contributed by atoms with Crippen LogP contribution in [0.1, 0.15) is 25.8 Å². The highest BCUT2D eigenvalue weighted by atomic mass is 16.5. The molecule has 11 nitrogen and oxygen atoms in total. The molecule has 3 rings (SSSR count). The number of nitrogens with one attached hydrogen (secondary N) is 3. The van der Waals surface area contributed by atoms with E-state index in [0.717, 1.165) is 6.42 Å². The van der Waals surface area contributed by atoms with Crippen LogP contribution in [0.4, 0.5) is 11.4 Å². The van der Waals surface area contributed by atoms with Crippen LogP contribution in [0.5, 0.6) is 23.0 Å². The number of nitrogens with zero attached hydrogens (tertiary/aromatic N) is 1. The van der Waals surface area contributed by atoms with E-state index < -0.39 is 11.8 Å². The highest BCUT2D eigenvalue weighted by molar-refractivity contribution is 6.39. The van der Waals surface area contributed by atoms with E-state index in [9.17, 15) is 14.4 Å². The molecule has 0 unspecified atom stereocenters. The van der Waals surface area contributed by atoms with Crippen LogP contribution in [0.2, 0.25) is 0 Å². The van der Waals surface area contributed by atoms with Gasteiger partial charge < -0.3 is 29.6 Å². The lowest BCUT2D eigenvalue weighted by molar-refractivity contribution is -0.136. The van der Waals surface area contributed by atoms with Crippen molar-refractivity contribution in [1.82, 2.24) is 5.43 Å². The van der Waals surface area contributed by atoms with Gasteiger partial charge in [0.1, 0.15) is 11.5 Å². The van der Waals surface area contributed by atoms with E-state index in [2.05, 4.69) is 21.2 Å². The van der Waals surface area contributed by atoms with Crippen molar-refractivity contribution < 1.29 is 33.3 Å². The Balaban J connectivity index is 1.52. The first kappa shape index (κ1) is 29.5. The molecule has 0 bridgehead atoms. The van der Waals surface area contributed by atoms with Gasteiger partial charge in [0, 0.05) is 17.4 Å². The Morgan fingerprint density at radius 1 is 0.800 bits per heavy atom. The number of rotatable bonds is 13. The Morgan fingerprint density at radius 3 is 2.33 bits per heavy atom. The first-order valence-corrected chi connectivity index (χ1v) is 12.6. The van der Waals surface area contributed by atoms with Crippen LogP contribution < -0.4 is 35.0 Å². The summed E-state index contributed by atoms with van der Waals surface area (Å²) >= 11 is 0. The number of anilines is 2. The molecule has 0 aliphatic heterocycles. The summed E-state index contributed by atoms with van der Waals surface area (Å²) in [6, 6.07) is 18.6. The Kier molecular flexibility index (Phi) is 11.3. The molecule has 3 N–H and O–H groups in total. The standard InChI is InChI=1S/C29H32N4O7/c1-4-15-39-23-12-10-21(11-13-23)32-28(35)29(36)33-30-18-20-9-14-25(26(16-20)38-5-2)40-19-27(34)31-22-7-6-8-24(17-22)37-3/h6-14,16-18H,4-5,15,19H2,1-3H3,(H,31,34)(H,32,35)(H,33,36)/b30-18-. The van der Waals surface area contributed by atoms with Gasteiger partial charge in [0.15, 0.2) is 18.1 Å². The molecule has 11 heteroatoms. The van der Waals surface area contributed by atoms with E-state index in [4.69, 9.17) is 18.9 Å². The van der Waals surface area contributed by atoms with Gasteiger partial charge in [-0.2, -0.15) is 5.10 Å². The molecule has 0 atom stereocenters. The van der Waals surface area contributed by atoms with Crippen molar-refractivity contribution in [1.29, 1.82) is 0 Å². The number of hydrazone groups is 1. The van der Waals surface area contributed by atoms with Gasteiger partial charge >= 0.3 is 11.8 Å². The summed E-state index contributed by atoms with van der Waals surface area (Å²) in [4.78, 5) is 36.6. The van der Waals surface area contributed by atoms with Crippen LogP contribution in [0.3, 0.4) is 0 Å². The molecule has 0 aliphatic rings. The molecule has 0 radical (unpaired) electrons. The van der Waals surface area contributed by atoms with Gasteiger partial charge in [0.25, 0.3) is 5.91 Å². The third-order valence-corrected chi connectivity index (χ3v) is 5.15. The monoisotopic (exact) mass is 548 g/mol. The van der Waals surface area contributed by atoms with Gasteiger partial charge in [-0.05, 0) is 73.5 Å². The second kappa shape index (κ2) is 15.4. The second-order valence-electron chi connectivity index (χ2n) is 8.23. The van der Waals surface area contributed by atoms with E-state index in [-0.39, 0.29) is 12.5 Å². The van der Waals surface area contributed by atoms with Crippen molar-refractivity contribution in [3.8, 4) is 23.0 Å². The average Bonchev–Trinajstić information content (AvgIpc) is 2.96. The predicted octanol–water partition coefficient (Wildman–Crippen LogP) is 3.99. The van der Waals surface area contributed by atoms with E-state index in [1.54, 1.807) is 73.8 Å². The van der Waals surface area contributed by atoms with Crippen LogP contribution in [0.15, 0.2) is 71.8 Å². The van der Waals surface area contributed by atoms with Crippen LogP contribution in [0.25, 0.3) is 0 Å². The second-order valence-corrected chi connectivity index (χ2v) is 8.23. The van der Waals surface area contributed by atoms with Crippen molar-refractivity contribution in [3.05, 3.63) is 72.3 Å². The summed E-state index contributed by atoms with van der Waals surface area (Å²) in [6.45, 7) is 4.52. The minimum Gasteiger partial charge on any atom is -0.497 e. The number of hydrogen-bond acceptors (Lipinski definition) is 8. The highest BCUT2D eigenvalue weighted by Gasteiger charge is 2.13. The van der Waals surface area contributed by atoms with Gasteiger partial charge in [-0.3, -0.25) is 14.4 Å². The molecule has 0 aliphatic carbocycles. The molecule has 0 fully saturated rings. The lowest BCUT2D eigenvalue weighted by Crippen LogP contribution is -2.32. The number of ether oxygens (including phenoxy) is 4. The van der Waals surface area contributed by atoms with Crippen molar-refractivity contribution in [3.63, 3.8) is 0 Å². The van der Waals surface area contributed by atoms with Crippen molar-refractivity contribution in [2.75, 3.05) is 37.6 Å². The molecular formula is C29H32N4O7. The number of carbonyl (C=O) groups is 3. The summed E-state index contributed by atoms with van der Waals surface area (Å²) in [6.07, 6.45) is 2.24. The lowest BCUT2D eigenvalue weighted by atomic mass is 10.2. The third kappa shape index (κ3) is 9.35. The highest BCUT2D eigenvalue weighted by Crippen LogP contribution is 2.28. The van der Waals surface area contributed by atoms with Gasteiger partial charge in [-0.1, -0.05) is 13.0 Å². The zero-order chi connectivity index (χ0) is 28.7. The van der Waals surface area contributed by atoms with E-state index in [0.29, 0.717) is 53.2 Å². The zero-order valence-corrected chi connectivity index (χ0v) is 22.6. The maximum Gasteiger partial charge on any atom is 0.329 e. The lowest BCUT2D eigenvalue weighted by Gasteiger charge is -2.13. The molecule has 3 amide bonds.